The smallest absolute Gasteiger partial charge is 0.107 e. The minimum Gasteiger partial charge on any atom is -0.466 e. The summed E-state index contributed by atoms with van der Waals surface area (Å²) in [5.74, 6) is 2.67. The molecule has 1 rings (SSSR count). The minimum absolute atomic E-state index is 0.291. The van der Waals surface area contributed by atoms with Crippen molar-refractivity contribution in [2.75, 3.05) is 0 Å². The van der Waals surface area contributed by atoms with Crippen LogP contribution in [0.4, 0.5) is 0 Å². The molecule has 0 radical (unpaired) electrons. The lowest BCUT2D eigenvalue weighted by molar-refractivity contribution is 0.270. The lowest BCUT2D eigenvalue weighted by atomic mass is 9.78. The van der Waals surface area contributed by atoms with Crippen LogP contribution < -0.4 is 0 Å². The third-order valence-corrected chi connectivity index (χ3v) is 2.56. The molecular formula is C12H20O. The van der Waals surface area contributed by atoms with Gasteiger partial charge in [0.25, 0.3) is 0 Å². The molecule has 0 aromatic carbocycles. The number of aryl methyl sites for hydroxylation is 1. The average molecular weight is 180 g/mol. The van der Waals surface area contributed by atoms with E-state index in [0.29, 0.717) is 11.3 Å². The SMILES string of the molecule is CC[C@@H](c1ccc(C)o1)C(C)(C)C. The Hall–Kier alpha value is -0.720. The first-order valence-electron chi connectivity index (χ1n) is 5.01. The van der Waals surface area contributed by atoms with Gasteiger partial charge in [-0.05, 0) is 30.9 Å². The molecule has 0 aliphatic rings. The van der Waals surface area contributed by atoms with Crippen molar-refractivity contribution in [1.82, 2.24) is 0 Å². The van der Waals surface area contributed by atoms with E-state index in [9.17, 15) is 0 Å². The number of furan rings is 1. The summed E-state index contributed by atoms with van der Waals surface area (Å²) < 4.78 is 5.66. The van der Waals surface area contributed by atoms with Crippen LogP contribution in [-0.4, -0.2) is 0 Å². The van der Waals surface area contributed by atoms with Crippen molar-refractivity contribution in [2.24, 2.45) is 5.41 Å². The lowest BCUT2D eigenvalue weighted by Gasteiger charge is -2.27. The van der Waals surface area contributed by atoms with Crippen LogP contribution in [0.25, 0.3) is 0 Å². The third kappa shape index (κ3) is 2.36. The summed E-state index contributed by atoms with van der Waals surface area (Å²) >= 11 is 0. The van der Waals surface area contributed by atoms with Gasteiger partial charge in [-0.2, -0.15) is 0 Å². The van der Waals surface area contributed by atoms with Crippen LogP contribution >= 0.6 is 0 Å². The van der Waals surface area contributed by atoms with Gasteiger partial charge in [0, 0.05) is 5.92 Å². The van der Waals surface area contributed by atoms with Crippen LogP contribution in [0.15, 0.2) is 16.5 Å². The largest absolute Gasteiger partial charge is 0.466 e. The van der Waals surface area contributed by atoms with Gasteiger partial charge in [-0.1, -0.05) is 27.7 Å². The highest BCUT2D eigenvalue weighted by Crippen LogP contribution is 2.37. The molecule has 0 spiro atoms. The predicted molar refractivity (Wildman–Crippen MR) is 55.9 cm³/mol. The van der Waals surface area contributed by atoms with Crippen molar-refractivity contribution in [3.8, 4) is 0 Å². The molecule has 0 amide bonds. The molecule has 0 N–H and O–H groups in total. The fourth-order valence-corrected chi connectivity index (χ4v) is 1.88. The van der Waals surface area contributed by atoms with Gasteiger partial charge in [0.05, 0.1) is 0 Å². The standard InChI is InChI=1S/C12H20O/c1-6-10(12(3,4)5)11-8-7-9(2)13-11/h7-8,10H,6H2,1-5H3/t10-/m0/s1. The van der Waals surface area contributed by atoms with Crippen LogP contribution in [0.3, 0.4) is 0 Å². The molecule has 0 aliphatic heterocycles. The Balaban J connectivity index is 2.91. The van der Waals surface area contributed by atoms with Gasteiger partial charge in [-0.3, -0.25) is 0 Å². The number of hydrogen-bond acceptors (Lipinski definition) is 1. The van der Waals surface area contributed by atoms with E-state index in [-0.39, 0.29) is 0 Å². The fourth-order valence-electron chi connectivity index (χ4n) is 1.88. The second kappa shape index (κ2) is 3.57. The van der Waals surface area contributed by atoms with E-state index in [1.165, 1.54) is 0 Å². The fraction of sp³-hybridized carbons (Fsp3) is 0.667. The van der Waals surface area contributed by atoms with Crippen LogP contribution in [0, 0.1) is 12.3 Å². The summed E-state index contributed by atoms with van der Waals surface area (Å²) in [5.41, 5.74) is 0.291. The van der Waals surface area contributed by atoms with E-state index in [4.69, 9.17) is 4.42 Å². The van der Waals surface area contributed by atoms with Crippen molar-refractivity contribution in [3.63, 3.8) is 0 Å². The van der Waals surface area contributed by atoms with Gasteiger partial charge in [0.15, 0.2) is 0 Å². The Bertz CT molecular complexity index is 265. The normalized spacial score (nSPS) is 14.5. The minimum atomic E-state index is 0.291. The summed E-state index contributed by atoms with van der Waals surface area (Å²) in [5, 5.41) is 0. The summed E-state index contributed by atoms with van der Waals surface area (Å²) in [7, 11) is 0. The Morgan fingerprint density at radius 3 is 2.23 bits per heavy atom. The van der Waals surface area contributed by atoms with Crippen molar-refractivity contribution in [1.29, 1.82) is 0 Å². The second-order valence-electron chi connectivity index (χ2n) is 4.78. The molecule has 1 heteroatoms. The first kappa shape index (κ1) is 10.4. The number of hydrogen-bond donors (Lipinski definition) is 0. The molecule has 13 heavy (non-hydrogen) atoms. The Labute approximate surface area is 81.1 Å². The summed E-state index contributed by atoms with van der Waals surface area (Å²) in [4.78, 5) is 0. The monoisotopic (exact) mass is 180 g/mol. The third-order valence-electron chi connectivity index (χ3n) is 2.56. The van der Waals surface area contributed by atoms with Crippen molar-refractivity contribution in [2.45, 2.75) is 47.0 Å². The van der Waals surface area contributed by atoms with Crippen molar-refractivity contribution >= 4 is 0 Å². The van der Waals surface area contributed by atoms with Crippen molar-refractivity contribution in [3.05, 3.63) is 23.7 Å². The Morgan fingerprint density at radius 2 is 1.92 bits per heavy atom. The van der Waals surface area contributed by atoms with E-state index < -0.39 is 0 Å². The van der Waals surface area contributed by atoms with Gasteiger partial charge in [0.2, 0.25) is 0 Å². The zero-order valence-electron chi connectivity index (χ0n) is 9.35. The van der Waals surface area contributed by atoms with Gasteiger partial charge in [-0.15, -0.1) is 0 Å². The maximum atomic E-state index is 5.66. The van der Waals surface area contributed by atoms with E-state index in [1.54, 1.807) is 0 Å². The molecule has 1 aromatic heterocycles. The first-order valence-corrected chi connectivity index (χ1v) is 5.01. The average Bonchev–Trinajstić information content (AvgIpc) is 2.34. The van der Waals surface area contributed by atoms with E-state index in [0.717, 1.165) is 17.9 Å². The maximum absolute atomic E-state index is 5.66. The highest BCUT2D eigenvalue weighted by molar-refractivity contribution is 5.12. The first-order chi connectivity index (χ1) is 5.95. The highest BCUT2D eigenvalue weighted by Gasteiger charge is 2.26. The van der Waals surface area contributed by atoms with E-state index in [2.05, 4.69) is 33.8 Å². The maximum Gasteiger partial charge on any atom is 0.107 e. The lowest BCUT2D eigenvalue weighted by Crippen LogP contribution is -2.16. The molecular weight excluding hydrogens is 160 g/mol. The molecule has 1 nitrogen and oxygen atoms in total. The van der Waals surface area contributed by atoms with Gasteiger partial charge < -0.3 is 4.42 Å². The molecule has 1 heterocycles. The molecule has 0 saturated heterocycles. The molecule has 0 saturated carbocycles. The topological polar surface area (TPSA) is 13.1 Å². The summed E-state index contributed by atoms with van der Waals surface area (Å²) in [6, 6.07) is 4.15. The molecule has 0 bridgehead atoms. The second-order valence-corrected chi connectivity index (χ2v) is 4.78. The predicted octanol–water partition coefficient (Wildman–Crippen LogP) is 4.13. The van der Waals surface area contributed by atoms with Gasteiger partial charge in [-0.25, -0.2) is 0 Å². The zero-order valence-corrected chi connectivity index (χ0v) is 9.35. The van der Waals surface area contributed by atoms with Gasteiger partial charge >= 0.3 is 0 Å². The van der Waals surface area contributed by atoms with E-state index >= 15 is 0 Å². The molecule has 1 aromatic rings. The van der Waals surface area contributed by atoms with Crippen LogP contribution in [0.1, 0.15) is 51.6 Å². The van der Waals surface area contributed by atoms with E-state index in [1.807, 2.05) is 13.0 Å². The molecule has 0 unspecified atom stereocenters. The summed E-state index contributed by atoms with van der Waals surface area (Å²) in [6.07, 6.45) is 1.14. The Morgan fingerprint density at radius 1 is 1.31 bits per heavy atom. The van der Waals surface area contributed by atoms with Gasteiger partial charge in [0.1, 0.15) is 11.5 Å². The molecule has 0 aliphatic carbocycles. The van der Waals surface area contributed by atoms with Crippen LogP contribution in [0.2, 0.25) is 0 Å². The van der Waals surface area contributed by atoms with Crippen LogP contribution in [-0.2, 0) is 0 Å². The molecule has 74 valence electrons. The summed E-state index contributed by atoms with van der Waals surface area (Å²) in [6.45, 7) is 11.0. The van der Waals surface area contributed by atoms with Crippen molar-refractivity contribution < 1.29 is 4.42 Å². The molecule has 0 fully saturated rings. The Kier molecular flexibility index (Phi) is 2.84. The zero-order chi connectivity index (χ0) is 10.1. The number of rotatable bonds is 2. The molecule has 1 atom stereocenters. The van der Waals surface area contributed by atoms with Crippen LogP contribution in [0.5, 0.6) is 0 Å². The quantitative estimate of drug-likeness (QED) is 0.667. The highest BCUT2D eigenvalue weighted by atomic mass is 16.3.